The number of hydrogen-bond donors (Lipinski definition) is 2. The molecule has 0 saturated heterocycles. The number of hydrogen-bond acceptors (Lipinski definition) is 5. The lowest BCUT2D eigenvalue weighted by molar-refractivity contribution is -0.137. The van der Waals surface area contributed by atoms with Gasteiger partial charge in [0.25, 0.3) is 0 Å². The zero-order chi connectivity index (χ0) is 14.6. The molecule has 5 nitrogen and oxygen atoms in total. The smallest absolute Gasteiger partial charge is 0.416 e. The van der Waals surface area contributed by atoms with Crippen molar-refractivity contribution in [1.82, 2.24) is 9.97 Å². The number of nitrogens with zero attached hydrogens (tertiary/aromatic N) is 2. The zero-order valence-corrected chi connectivity index (χ0v) is 10.2. The Morgan fingerprint density at radius 2 is 1.80 bits per heavy atom. The molecule has 8 heteroatoms. The second-order valence-electron chi connectivity index (χ2n) is 3.85. The molecule has 2 aromatic rings. The minimum absolute atomic E-state index is 0.100. The fourth-order valence-corrected chi connectivity index (χ4v) is 1.40. The van der Waals surface area contributed by atoms with E-state index in [1.807, 2.05) is 0 Å². The molecule has 1 heterocycles. The first kappa shape index (κ1) is 14.1. The van der Waals surface area contributed by atoms with Crippen LogP contribution in [-0.4, -0.2) is 9.97 Å². The topological polar surface area (TPSA) is 73.1 Å². The summed E-state index contributed by atoms with van der Waals surface area (Å²) in [6, 6.07) is 4.43. The Labute approximate surface area is 112 Å². The van der Waals surface area contributed by atoms with Crippen molar-refractivity contribution in [2.24, 2.45) is 5.84 Å². The molecule has 0 aliphatic carbocycles. The van der Waals surface area contributed by atoms with E-state index in [2.05, 4.69) is 15.4 Å². The number of nitrogens with one attached hydrogen (secondary N) is 1. The van der Waals surface area contributed by atoms with Crippen LogP contribution < -0.4 is 16.0 Å². The van der Waals surface area contributed by atoms with Gasteiger partial charge in [0, 0.05) is 0 Å². The molecule has 3 N–H and O–H groups in total. The summed E-state index contributed by atoms with van der Waals surface area (Å²) in [6.07, 6.45) is -1.47. The molecular formula is C12H11F3N4O. The van der Waals surface area contributed by atoms with E-state index in [4.69, 9.17) is 10.6 Å². The highest BCUT2D eigenvalue weighted by Gasteiger charge is 2.29. The fraction of sp³-hybridized carbons (Fsp3) is 0.167. The molecule has 1 aromatic heterocycles. The molecule has 0 aliphatic heterocycles. The van der Waals surface area contributed by atoms with Crippen molar-refractivity contribution in [3.63, 3.8) is 0 Å². The largest absolute Gasteiger partial charge is 0.487 e. The third-order valence-electron chi connectivity index (χ3n) is 2.42. The number of nitrogens with two attached hydrogens (primary N) is 1. The number of nitrogen functional groups attached to an aromatic ring is 1. The quantitative estimate of drug-likeness (QED) is 0.666. The standard InChI is InChI=1S/C12H11F3N4O/c13-12(14,15)8-1-3-10(4-2-8)20-7-9-5-18-11(19-16)6-17-9/h1-6H,7,16H2,(H,18,19). The number of halogens is 3. The number of rotatable bonds is 4. The first-order chi connectivity index (χ1) is 9.49. The highest BCUT2D eigenvalue weighted by Crippen LogP contribution is 2.30. The summed E-state index contributed by atoms with van der Waals surface area (Å²) in [7, 11) is 0. The van der Waals surface area contributed by atoms with E-state index in [1.165, 1.54) is 24.5 Å². The van der Waals surface area contributed by atoms with Gasteiger partial charge in [-0.1, -0.05) is 0 Å². The first-order valence-electron chi connectivity index (χ1n) is 5.56. The molecule has 106 valence electrons. The second-order valence-corrected chi connectivity index (χ2v) is 3.85. The molecule has 0 unspecified atom stereocenters. The Morgan fingerprint density at radius 1 is 1.10 bits per heavy atom. The second kappa shape index (κ2) is 5.74. The van der Waals surface area contributed by atoms with E-state index in [0.717, 1.165) is 12.1 Å². The summed E-state index contributed by atoms with van der Waals surface area (Å²) in [6.45, 7) is 0.100. The fourth-order valence-electron chi connectivity index (χ4n) is 1.40. The van der Waals surface area contributed by atoms with Gasteiger partial charge in [-0.2, -0.15) is 13.2 Å². The average Bonchev–Trinajstić information content (AvgIpc) is 2.45. The molecule has 0 spiro atoms. The van der Waals surface area contributed by atoms with Crippen LogP contribution in [0, 0.1) is 0 Å². The molecule has 20 heavy (non-hydrogen) atoms. The SMILES string of the molecule is NNc1cnc(COc2ccc(C(F)(F)F)cc2)cn1. The highest BCUT2D eigenvalue weighted by atomic mass is 19.4. The van der Waals surface area contributed by atoms with E-state index >= 15 is 0 Å². The van der Waals surface area contributed by atoms with E-state index in [1.54, 1.807) is 0 Å². The monoisotopic (exact) mass is 284 g/mol. The minimum Gasteiger partial charge on any atom is -0.487 e. The highest BCUT2D eigenvalue weighted by molar-refractivity contribution is 5.30. The zero-order valence-electron chi connectivity index (χ0n) is 10.2. The molecule has 0 fully saturated rings. The lowest BCUT2D eigenvalue weighted by Gasteiger charge is -2.09. The van der Waals surface area contributed by atoms with Gasteiger partial charge in [-0.25, -0.2) is 10.8 Å². The molecule has 0 amide bonds. The van der Waals surface area contributed by atoms with Crippen molar-refractivity contribution < 1.29 is 17.9 Å². The molecule has 0 radical (unpaired) electrons. The van der Waals surface area contributed by atoms with Gasteiger partial charge >= 0.3 is 6.18 Å². The predicted octanol–water partition coefficient (Wildman–Crippen LogP) is 2.36. The number of ether oxygens (including phenoxy) is 1. The molecule has 0 aliphatic rings. The lowest BCUT2D eigenvalue weighted by atomic mass is 10.2. The average molecular weight is 284 g/mol. The normalized spacial score (nSPS) is 11.2. The predicted molar refractivity (Wildman–Crippen MR) is 65.6 cm³/mol. The van der Waals surface area contributed by atoms with Crippen LogP contribution in [0.1, 0.15) is 11.3 Å². The summed E-state index contributed by atoms with van der Waals surface area (Å²) >= 11 is 0. The number of aromatic nitrogens is 2. The number of anilines is 1. The Balaban J connectivity index is 1.96. The van der Waals surface area contributed by atoms with Gasteiger partial charge in [0.1, 0.15) is 12.4 Å². The van der Waals surface area contributed by atoms with Crippen molar-refractivity contribution in [2.45, 2.75) is 12.8 Å². The third-order valence-corrected chi connectivity index (χ3v) is 2.42. The van der Waals surface area contributed by atoms with Crippen molar-refractivity contribution >= 4 is 5.82 Å². The van der Waals surface area contributed by atoms with Gasteiger partial charge < -0.3 is 10.2 Å². The minimum atomic E-state index is -4.35. The summed E-state index contributed by atoms with van der Waals surface area (Å²) in [5.74, 6) is 5.86. The van der Waals surface area contributed by atoms with Gasteiger partial charge in [0.15, 0.2) is 5.82 Å². The molecule has 1 aromatic carbocycles. The summed E-state index contributed by atoms with van der Waals surface area (Å²) in [4.78, 5) is 7.94. The van der Waals surface area contributed by atoms with Gasteiger partial charge in [-0.3, -0.25) is 4.98 Å². The van der Waals surface area contributed by atoms with E-state index in [0.29, 0.717) is 17.3 Å². The van der Waals surface area contributed by atoms with Crippen LogP contribution in [0.4, 0.5) is 19.0 Å². The molecule has 0 bridgehead atoms. The van der Waals surface area contributed by atoms with Gasteiger partial charge in [-0.15, -0.1) is 0 Å². The van der Waals surface area contributed by atoms with Crippen LogP contribution in [0.25, 0.3) is 0 Å². The van der Waals surface area contributed by atoms with Crippen LogP contribution in [0.5, 0.6) is 5.75 Å². The summed E-state index contributed by atoms with van der Waals surface area (Å²) < 4.78 is 42.4. The molecule has 2 rings (SSSR count). The number of alkyl halides is 3. The summed E-state index contributed by atoms with van der Waals surface area (Å²) in [5, 5.41) is 0. The van der Waals surface area contributed by atoms with Gasteiger partial charge in [-0.05, 0) is 24.3 Å². The lowest BCUT2D eigenvalue weighted by Crippen LogP contribution is -2.09. The van der Waals surface area contributed by atoms with Crippen molar-refractivity contribution in [3.8, 4) is 5.75 Å². The molecular weight excluding hydrogens is 273 g/mol. The van der Waals surface area contributed by atoms with Crippen LogP contribution in [-0.2, 0) is 12.8 Å². The maximum absolute atomic E-state index is 12.4. The van der Waals surface area contributed by atoms with Crippen molar-refractivity contribution in [3.05, 3.63) is 47.9 Å². The van der Waals surface area contributed by atoms with Gasteiger partial charge in [0.2, 0.25) is 0 Å². The first-order valence-corrected chi connectivity index (χ1v) is 5.56. The van der Waals surface area contributed by atoms with E-state index in [-0.39, 0.29) is 6.61 Å². The van der Waals surface area contributed by atoms with Crippen LogP contribution >= 0.6 is 0 Å². The number of hydrazine groups is 1. The van der Waals surface area contributed by atoms with Crippen LogP contribution in [0.2, 0.25) is 0 Å². The van der Waals surface area contributed by atoms with Crippen LogP contribution in [0.15, 0.2) is 36.7 Å². The Hall–Kier alpha value is -2.35. The Morgan fingerprint density at radius 3 is 2.30 bits per heavy atom. The van der Waals surface area contributed by atoms with Crippen molar-refractivity contribution in [1.29, 1.82) is 0 Å². The van der Waals surface area contributed by atoms with Crippen LogP contribution in [0.3, 0.4) is 0 Å². The van der Waals surface area contributed by atoms with E-state index in [9.17, 15) is 13.2 Å². The van der Waals surface area contributed by atoms with Gasteiger partial charge in [0.05, 0.1) is 23.7 Å². The Kier molecular flexibility index (Phi) is 4.04. The number of benzene rings is 1. The van der Waals surface area contributed by atoms with E-state index < -0.39 is 11.7 Å². The molecule has 0 atom stereocenters. The Bertz CT molecular complexity index is 554. The molecule has 0 saturated carbocycles. The maximum atomic E-state index is 12.4. The van der Waals surface area contributed by atoms with Crippen molar-refractivity contribution in [2.75, 3.05) is 5.43 Å². The third kappa shape index (κ3) is 3.58. The maximum Gasteiger partial charge on any atom is 0.416 e. The summed E-state index contributed by atoms with van der Waals surface area (Å²) in [5.41, 5.74) is 2.14.